The highest BCUT2D eigenvalue weighted by Gasteiger charge is 2.22. The molecule has 0 saturated heterocycles. The second kappa shape index (κ2) is 8.34. The van der Waals surface area contributed by atoms with E-state index in [1.54, 1.807) is 11.0 Å². The highest BCUT2D eigenvalue weighted by atomic mass is 32.1. The van der Waals surface area contributed by atoms with Gasteiger partial charge in [0.25, 0.3) is 0 Å². The van der Waals surface area contributed by atoms with Crippen LogP contribution in [0.15, 0.2) is 36.4 Å². The summed E-state index contributed by atoms with van der Waals surface area (Å²) in [6, 6.07) is 10.4. The van der Waals surface area contributed by atoms with E-state index in [-0.39, 0.29) is 24.9 Å². The molecule has 0 spiro atoms. The number of rotatable bonds is 7. The number of carbonyl (C=O) groups excluding carboxylic acids is 1. The number of nitrogens with zero attached hydrogens (tertiary/aromatic N) is 3. The second-order valence-electron chi connectivity index (χ2n) is 7.15. The summed E-state index contributed by atoms with van der Waals surface area (Å²) >= 11 is 1.33. The summed E-state index contributed by atoms with van der Waals surface area (Å²) in [5.41, 5.74) is 1.14. The highest BCUT2D eigenvalue weighted by Crippen LogP contribution is 2.34. The monoisotopic (exact) mass is 415 g/mol. The van der Waals surface area contributed by atoms with Gasteiger partial charge < -0.3 is 14.4 Å². The Hall–Kier alpha value is -2.71. The zero-order valence-corrected chi connectivity index (χ0v) is 17.2. The minimum atomic E-state index is -0.374. The molecule has 1 aliphatic heterocycles. The summed E-state index contributed by atoms with van der Waals surface area (Å²) in [5.74, 6) is 0.880. The normalized spacial score (nSPS) is 12.7. The minimum absolute atomic E-state index is 0.0814. The van der Waals surface area contributed by atoms with Crippen molar-refractivity contribution in [3.05, 3.63) is 47.8 Å². The fraction of sp³-hybridized carbons (Fsp3) is 0.333. The molecule has 1 aromatic heterocycles. The van der Waals surface area contributed by atoms with Gasteiger partial charge in [0, 0.05) is 6.54 Å². The minimum Gasteiger partial charge on any atom is -0.454 e. The Morgan fingerprint density at radius 1 is 1.17 bits per heavy atom. The molecule has 0 aliphatic carbocycles. The van der Waals surface area contributed by atoms with E-state index in [0.717, 1.165) is 23.2 Å². The number of carbonyl (C=O) groups is 1. The summed E-state index contributed by atoms with van der Waals surface area (Å²) in [4.78, 5) is 21.3. The lowest BCUT2D eigenvalue weighted by Gasteiger charge is -2.21. The van der Waals surface area contributed by atoms with Gasteiger partial charge in [-0.3, -0.25) is 9.69 Å². The van der Waals surface area contributed by atoms with Crippen LogP contribution in [0.5, 0.6) is 11.5 Å². The number of anilines is 1. The molecule has 0 bridgehead atoms. The van der Waals surface area contributed by atoms with Gasteiger partial charge in [0.15, 0.2) is 16.6 Å². The predicted molar refractivity (Wildman–Crippen MR) is 111 cm³/mol. The van der Waals surface area contributed by atoms with Gasteiger partial charge >= 0.3 is 0 Å². The van der Waals surface area contributed by atoms with Crippen LogP contribution < -0.4 is 14.4 Å². The first kappa shape index (κ1) is 19.6. The standard InChI is InChI=1S/C21H22FN3O3S/c1-24(2)9-4-10-25(21-23-20-15(22)5-3-6-18(20)29-21)19(26)12-14-7-8-16-17(11-14)28-13-27-16/h3,5-8,11H,4,9-10,12-13H2,1-2H3. The Balaban J connectivity index is 1.58. The Labute approximate surface area is 172 Å². The lowest BCUT2D eigenvalue weighted by molar-refractivity contribution is -0.118. The van der Waals surface area contributed by atoms with Crippen LogP contribution in [0.1, 0.15) is 12.0 Å². The van der Waals surface area contributed by atoms with Crippen LogP contribution in [0.3, 0.4) is 0 Å². The third-order valence-electron chi connectivity index (χ3n) is 4.67. The van der Waals surface area contributed by atoms with Crippen molar-refractivity contribution in [3.8, 4) is 11.5 Å². The predicted octanol–water partition coefficient (Wildman–Crippen LogP) is 3.69. The molecule has 2 aromatic carbocycles. The average Bonchev–Trinajstić information content (AvgIpc) is 3.32. The van der Waals surface area contributed by atoms with E-state index in [0.29, 0.717) is 28.7 Å². The van der Waals surface area contributed by atoms with Crippen LogP contribution in [-0.2, 0) is 11.2 Å². The van der Waals surface area contributed by atoms with Crippen LogP contribution in [0.2, 0.25) is 0 Å². The van der Waals surface area contributed by atoms with Gasteiger partial charge in [-0.15, -0.1) is 0 Å². The largest absolute Gasteiger partial charge is 0.454 e. The van der Waals surface area contributed by atoms with Gasteiger partial charge in [0.2, 0.25) is 12.7 Å². The molecular formula is C21H22FN3O3S. The van der Waals surface area contributed by atoms with Gasteiger partial charge in [-0.1, -0.05) is 23.5 Å². The lowest BCUT2D eigenvalue weighted by atomic mass is 10.1. The second-order valence-corrected chi connectivity index (χ2v) is 8.16. The molecule has 0 N–H and O–H groups in total. The molecule has 4 rings (SSSR count). The Bertz CT molecular complexity index is 1040. The summed E-state index contributed by atoms with van der Waals surface area (Å²) in [5, 5.41) is 0.523. The van der Waals surface area contributed by atoms with Crippen molar-refractivity contribution in [3.63, 3.8) is 0 Å². The van der Waals surface area contributed by atoms with E-state index in [2.05, 4.69) is 9.88 Å². The van der Waals surface area contributed by atoms with Crippen molar-refractivity contribution >= 4 is 32.6 Å². The molecule has 1 amide bonds. The van der Waals surface area contributed by atoms with Crippen LogP contribution in [0.25, 0.3) is 10.2 Å². The number of ether oxygens (including phenoxy) is 2. The molecule has 1 aliphatic rings. The van der Waals surface area contributed by atoms with Gasteiger partial charge in [0.1, 0.15) is 11.3 Å². The quantitative estimate of drug-likeness (QED) is 0.589. The number of amides is 1. The third-order valence-corrected chi connectivity index (χ3v) is 5.71. The number of thiazole rings is 1. The van der Waals surface area contributed by atoms with Crippen molar-refractivity contribution in [1.29, 1.82) is 0 Å². The van der Waals surface area contributed by atoms with Crippen molar-refractivity contribution in [2.75, 3.05) is 38.9 Å². The van der Waals surface area contributed by atoms with E-state index in [1.165, 1.54) is 17.4 Å². The summed E-state index contributed by atoms with van der Waals surface area (Å²) in [7, 11) is 3.98. The lowest BCUT2D eigenvalue weighted by Crippen LogP contribution is -2.34. The molecule has 152 valence electrons. The van der Waals surface area contributed by atoms with Crippen LogP contribution in [-0.4, -0.2) is 49.8 Å². The molecule has 2 heterocycles. The first-order valence-corrected chi connectivity index (χ1v) is 10.2. The molecule has 0 fully saturated rings. The number of hydrogen-bond donors (Lipinski definition) is 0. The molecule has 3 aromatic rings. The summed E-state index contributed by atoms with van der Waals surface area (Å²) < 4.78 is 25.6. The Morgan fingerprint density at radius 3 is 2.79 bits per heavy atom. The number of hydrogen-bond acceptors (Lipinski definition) is 6. The fourth-order valence-electron chi connectivity index (χ4n) is 3.21. The van der Waals surface area contributed by atoms with E-state index in [4.69, 9.17) is 9.47 Å². The Morgan fingerprint density at radius 2 is 2.00 bits per heavy atom. The zero-order chi connectivity index (χ0) is 20.4. The third kappa shape index (κ3) is 4.33. The van der Waals surface area contributed by atoms with Gasteiger partial charge in [-0.05, 0) is 56.9 Å². The van der Waals surface area contributed by atoms with Crippen molar-refractivity contribution < 1.29 is 18.7 Å². The molecule has 0 radical (unpaired) electrons. The first-order valence-electron chi connectivity index (χ1n) is 9.40. The number of para-hydroxylation sites is 1. The van der Waals surface area contributed by atoms with E-state index in [9.17, 15) is 9.18 Å². The molecular weight excluding hydrogens is 393 g/mol. The van der Waals surface area contributed by atoms with Crippen molar-refractivity contribution in [2.45, 2.75) is 12.8 Å². The topological polar surface area (TPSA) is 54.9 Å². The van der Waals surface area contributed by atoms with Crippen molar-refractivity contribution in [2.24, 2.45) is 0 Å². The molecule has 0 saturated carbocycles. The SMILES string of the molecule is CN(C)CCCN(C(=O)Cc1ccc2c(c1)OCO2)c1nc2c(F)cccc2s1. The van der Waals surface area contributed by atoms with Crippen LogP contribution >= 0.6 is 11.3 Å². The fourth-order valence-corrected chi connectivity index (χ4v) is 4.24. The average molecular weight is 415 g/mol. The van der Waals surface area contributed by atoms with E-state index >= 15 is 0 Å². The summed E-state index contributed by atoms with van der Waals surface area (Å²) in [6.07, 6.45) is 0.995. The number of benzene rings is 2. The van der Waals surface area contributed by atoms with Crippen LogP contribution in [0, 0.1) is 5.82 Å². The molecule has 6 nitrogen and oxygen atoms in total. The molecule has 8 heteroatoms. The van der Waals surface area contributed by atoms with Gasteiger partial charge in [0.05, 0.1) is 11.1 Å². The molecule has 0 unspecified atom stereocenters. The Kier molecular flexibility index (Phi) is 5.64. The number of aromatic nitrogens is 1. The molecule has 0 atom stereocenters. The van der Waals surface area contributed by atoms with E-state index in [1.807, 2.05) is 38.4 Å². The van der Waals surface area contributed by atoms with Gasteiger partial charge in [-0.25, -0.2) is 9.37 Å². The maximum atomic E-state index is 14.1. The smallest absolute Gasteiger partial charge is 0.233 e. The first-order chi connectivity index (χ1) is 14.0. The zero-order valence-electron chi connectivity index (χ0n) is 16.4. The highest BCUT2D eigenvalue weighted by molar-refractivity contribution is 7.22. The van der Waals surface area contributed by atoms with Crippen LogP contribution in [0.4, 0.5) is 9.52 Å². The molecule has 29 heavy (non-hydrogen) atoms. The van der Waals surface area contributed by atoms with E-state index < -0.39 is 0 Å². The maximum absolute atomic E-state index is 14.1. The van der Waals surface area contributed by atoms with Gasteiger partial charge in [-0.2, -0.15) is 0 Å². The number of fused-ring (bicyclic) bond motifs is 2. The summed E-state index contributed by atoms with van der Waals surface area (Å²) in [6.45, 7) is 1.55. The van der Waals surface area contributed by atoms with Crippen molar-refractivity contribution in [1.82, 2.24) is 9.88 Å². The maximum Gasteiger partial charge on any atom is 0.233 e. The number of halogens is 1.